The van der Waals surface area contributed by atoms with Gasteiger partial charge in [0.25, 0.3) is 0 Å². The molecule has 2 atom stereocenters. The number of amides is 1. The molecule has 0 aliphatic heterocycles. The summed E-state index contributed by atoms with van der Waals surface area (Å²) < 4.78 is 5.09. The molecule has 0 radical (unpaired) electrons. The molecule has 0 aromatic heterocycles. The van der Waals surface area contributed by atoms with Crippen LogP contribution >= 0.6 is 0 Å². The van der Waals surface area contributed by atoms with Gasteiger partial charge in [0.2, 0.25) is 5.91 Å². The lowest BCUT2D eigenvalue weighted by atomic mass is 10.1. The zero-order valence-corrected chi connectivity index (χ0v) is 13.3. The van der Waals surface area contributed by atoms with E-state index in [1.807, 2.05) is 43.1 Å². The van der Waals surface area contributed by atoms with Crippen LogP contribution in [0.1, 0.15) is 26.7 Å². The molecule has 0 saturated heterocycles. The smallest absolute Gasteiger partial charge is 0.241 e. The second kappa shape index (κ2) is 8.64. The summed E-state index contributed by atoms with van der Waals surface area (Å²) in [5.74, 6) is 0.727. The van der Waals surface area contributed by atoms with Gasteiger partial charge in [0.15, 0.2) is 0 Å². The first-order chi connectivity index (χ1) is 9.97. The fourth-order valence-electron chi connectivity index (χ4n) is 2.14. The molecule has 2 unspecified atom stereocenters. The van der Waals surface area contributed by atoms with Gasteiger partial charge in [-0.2, -0.15) is 0 Å². The molecule has 0 bridgehead atoms. The van der Waals surface area contributed by atoms with E-state index in [1.54, 1.807) is 14.0 Å². The number of likely N-dealkylation sites (N-methyl/N-ethyl adjacent to an activating group) is 1. The zero-order valence-electron chi connectivity index (χ0n) is 13.3. The number of aliphatic hydroxyl groups excluding tert-OH is 1. The van der Waals surface area contributed by atoms with E-state index in [4.69, 9.17) is 4.74 Å². The van der Waals surface area contributed by atoms with Crippen LogP contribution in [0.4, 0.5) is 5.69 Å². The van der Waals surface area contributed by atoms with E-state index in [9.17, 15) is 9.90 Å². The van der Waals surface area contributed by atoms with Crippen LogP contribution in [0, 0.1) is 0 Å². The molecule has 1 rings (SSSR count). The fourth-order valence-corrected chi connectivity index (χ4v) is 2.14. The minimum atomic E-state index is -0.352. The first kappa shape index (κ1) is 17.5. The number of hydrogen-bond donors (Lipinski definition) is 2. The molecule has 0 aliphatic rings. The monoisotopic (exact) mass is 294 g/mol. The molecule has 0 aliphatic carbocycles. The number of rotatable bonds is 8. The van der Waals surface area contributed by atoms with Crippen molar-refractivity contribution in [3.05, 3.63) is 24.3 Å². The van der Waals surface area contributed by atoms with Crippen LogP contribution in [0.2, 0.25) is 0 Å². The Morgan fingerprint density at radius 3 is 2.48 bits per heavy atom. The van der Waals surface area contributed by atoms with Crippen molar-refractivity contribution in [1.29, 1.82) is 0 Å². The molecule has 0 saturated carbocycles. The van der Waals surface area contributed by atoms with Gasteiger partial charge in [-0.3, -0.25) is 9.69 Å². The van der Waals surface area contributed by atoms with Crippen LogP contribution in [0.15, 0.2) is 24.3 Å². The fraction of sp³-hybridized carbons (Fsp3) is 0.562. The van der Waals surface area contributed by atoms with Crippen molar-refractivity contribution < 1.29 is 14.6 Å². The molecule has 1 aromatic rings. The molecular weight excluding hydrogens is 268 g/mol. The SMILES string of the molecule is CCC(C(=O)Nc1ccc(OC)cc1)N(C)CCC(C)O. The summed E-state index contributed by atoms with van der Waals surface area (Å²) >= 11 is 0. The number of ether oxygens (including phenoxy) is 1. The summed E-state index contributed by atoms with van der Waals surface area (Å²) in [5, 5.41) is 12.3. The number of benzene rings is 1. The van der Waals surface area contributed by atoms with E-state index >= 15 is 0 Å². The van der Waals surface area contributed by atoms with Gasteiger partial charge in [-0.1, -0.05) is 6.92 Å². The summed E-state index contributed by atoms with van der Waals surface area (Å²) in [5.41, 5.74) is 0.753. The van der Waals surface area contributed by atoms with Crippen molar-refractivity contribution in [1.82, 2.24) is 4.90 Å². The third-order valence-electron chi connectivity index (χ3n) is 3.48. The Balaban J connectivity index is 2.61. The van der Waals surface area contributed by atoms with E-state index < -0.39 is 0 Å². The molecule has 21 heavy (non-hydrogen) atoms. The Morgan fingerprint density at radius 2 is 2.00 bits per heavy atom. The number of nitrogens with one attached hydrogen (secondary N) is 1. The van der Waals surface area contributed by atoms with Gasteiger partial charge in [-0.15, -0.1) is 0 Å². The van der Waals surface area contributed by atoms with Crippen molar-refractivity contribution in [3.8, 4) is 5.75 Å². The molecular formula is C16H26N2O3. The minimum absolute atomic E-state index is 0.0317. The lowest BCUT2D eigenvalue weighted by Gasteiger charge is -2.26. The third kappa shape index (κ3) is 5.73. The van der Waals surface area contributed by atoms with E-state index in [-0.39, 0.29) is 18.1 Å². The predicted octanol–water partition coefficient (Wildman–Crippen LogP) is 2.12. The van der Waals surface area contributed by atoms with Crippen LogP contribution < -0.4 is 10.1 Å². The average Bonchev–Trinajstić information content (AvgIpc) is 2.46. The van der Waals surface area contributed by atoms with Crippen LogP contribution in [-0.2, 0) is 4.79 Å². The zero-order chi connectivity index (χ0) is 15.8. The Hall–Kier alpha value is -1.59. The highest BCUT2D eigenvalue weighted by Crippen LogP contribution is 2.16. The molecule has 1 aromatic carbocycles. The van der Waals surface area contributed by atoms with Gasteiger partial charge in [0.05, 0.1) is 19.3 Å². The number of hydrogen-bond acceptors (Lipinski definition) is 4. The quantitative estimate of drug-likeness (QED) is 0.771. The Bertz CT molecular complexity index is 432. The first-order valence-electron chi connectivity index (χ1n) is 7.31. The average molecular weight is 294 g/mol. The van der Waals surface area contributed by atoms with Crippen molar-refractivity contribution in [2.45, 2.75) is 38.8 Å². The van der Waals surface area contributed by atoms with Crippen molar-refractivity contribution in [2.75, 3.05) is 26.0 Å². The second-order valence-electron chi connectivity index (χ2n) is 5.26. The molecule has 0 fully saturated rings. The summed E-state index contributed by atoms with van der Waals surface area (Å²) in [7, 11) is 3.52. The molecule has 5 heteroatoms. The highest BCUT2D eigenvalue weighted by molar-refractivity contribution is 5.94. The Labute approximate surface area is 126 Å². The molecule has 118 valence electrons. The van der Waals surface area contributed by atoms with Crippen LogP contribution in [0.5, 0.6) is 5.75 Å². The predicted molar refractivity (Wildman–Crippen MR) is 84.6 cm³/mol. The van der Waals surface area contributed by atoms with Gasteiger partial charge in [-0.05, 0) is 51.1 Å². The van der Waals surface area contributed by atoms with Gasteiger partial charge in [0, 0.05) is 12.2 Å². The van der Waals surface area contributed by atoms with E-state index in [2.05, 4.69) is 5.32 Å². The van der Waals surface area contributed by atoms with Gasteiger partial charge >= 0.3 is 0 Å². The molecule has 0 heterocycles. The van der Waals surface area contributed by atoms with E-state index in [0.29, 0.717) is 13.0 Å². The molecule has 0 spiro atoms. The number of carbonyl (C=O) groups is 1. The largest absolute Gasteiger partial charge is 0.497 e. The lowest BCUT2D eigenvalue weighted by Crippen LogP contribution is -2.42. The highest BCUT2D eigenvalue weighted by Gasteiger charge is 2.21. The maximum Gasteiger partial charge on any atom is 0.241 e. The summed E-state index contributed by atoms with van der Waals surface area (Å²) in [6, 6.07) is 7.06. The number of nitrogens with zero attached hydrogens (tertiary/aromatic N) is 1. The molecule has 2 N–H and O–H groups in total. The summed E-state index contributed by atoms with van der Waals surface area (Å²) in [6.45, 7) is 4.43. The minimum Gasteiger partial charge on any atom is -0.497 e. The summed E-state index contributed by atoms with van der Waals surface area (Å²) in [4.78, 5) is 14.3. The van der Waals surface area contributed by atoms with Gasteiger partial charge < -0.3 is 15.2 Å². The van der Waals surface area contributed by atoms with Crippen LogP contribution in [-0.4, -0.2) is 48.8 Å². The second-order valence-corrected chi connectivity index (χ2v) is 5.26. The van der Waals surface area contributed by atoms with Crippen molar-refractivity contribution in [2.24, 2.45) is 0 Å². The van der Waals surface area contributed by atoms with Gasteiger partial charge in [0.1, 0.15) is 5.75 Å². The molecule has 1 amide bonds. The maximum atomic E-state index is 12.3. The normalized spacial score (nSPS) is 13.8. The van der Waals surface area contributed by atoms with Gasteiger partial charge in [-0.25, -0.2) is 0 Å². The lowest BCUT2D eigenvalue weighted by molar-refractivity contribution is -0.121. The molecule has 5 nitrogen and oxygen atoms in total. The van der Waals surface area contributed by atoms with Crippen molar-refractivity contribution in [3.63, 3.8) is 0 Å². The summed E-state index contributed by atoms with van der Waals surface area (Å²) in [6.07, 6.45) is 1.02. The number of aliphatic hydroxyl groups is 1. The van der Waals surface area contributed by atoms with Crippen LogP contribution in [0.3, 0.4) is 0 Å². The Kier molecular flexibility index (Phi) is 7.19. The van der Waals surface area contributed by atoms with E-state index in [1.165, 1.54) is 0 Å². The van der Waals surface area contributed by atoms with Crippen LogP contribution in [0.25, 0.3) is 0 Å². The number of carbonyl (C=O) groups excluding carboxylic acids is 1. The standard InChI is InChI=1S/C16H26N2O3/c1-5-15(18(3)11-10-12(2)19)16(20)17-13-6-8-14(21-4)9-7-13/h6-9,12,15,19H,5,10-11H2,1-4H3,(H,17,20). The Morgan fingerprint density at radius 1 is 1.38 bits per heavy atom. The third-order valence-corrected chi connectivity index (χ3v) is 3.48. The topological polar surface area (TPSA) is 61.8 Å². The van der Waals surface area contributed by atoms with Crippen molar-refractivity contribution >= 4 is 11.6 Å². The highest BCUT2D eigenvalue weighted by atomic mass is 16.5. The maximum absolute atomic E-state index is 12.3. The van der Waals surface area contributed by atoms with E-state index in [0.717, 1.165) is 17.9 Å². The number of anilines is 1. The number of methoxy groups -OCH3 is 1. The first-order valence-corrected chi connectivity index (χ1v) is 7.31.